The van der Waals surface area contributed by atoms with Crippen molar-refractivity contribution in [3.05, 3.63) is 0 Å². The van der Waals surface area contributed by atoms with Gasteiger partial charge >= 0.3 is 5.97 Å². The molecule has 2 N–H and O–H groups in total. The van der Waals surface area contributed by atoms with E-state index in [2.05, 4.69) is 5.32 Å². The van der Waals surface area contributed by atoms with E-state index in [1.54, 1.807) is 0 Å². The van der Waals surface area contributed by atoms with Gasteiger partial charge in [0.15, 0.2) is 6.10 Å². The molecule has 0 bridgehead atoms. The molecule has 0 aromatic rings. The average Bonchev–Trinajstić information content (AvgIpc) is 2.39. The molecular formula is C13H21NO5. The SMILES string of the molecule is O=C(O)CC1(NC(=O)C2COCCO2)CCCCC1. The van der Waals surface area contributed by atoms with E-state index in [9.17, 15) is 9.59 Å². The lowest BCUT2D eigenvalue weighted by molar-refractivity contribution is -0.151. The summed E-state index contributed by atoms with van der Waals surface area (Å²) in [5.74, 6) is -1.12. The van der Waals surface area contributed by atoms with Crippen molar-refractivity contribution in [2.75, 3.05) is 19.8 Å². The van der Waals surface area contributed by atoms with Crippen LogP contribution in [0.4, 0.5) is 0 Å². The van der Waals surface area contributed by atoms with Crippen LogP contribution in [0.1, 0.15) is 38.5 Å². The van der Waals surface area contributed by atoms with E-state index in [0.717, 1.165) is 32.1 Å². The van der Waals surface area contributed by atoms with Gasteiger partial charge in [0.2, 0.25) is 0 Å². The van der Waals surface area contributed by atoms with Gasteiger partial charge in [-0.3, -0.25) is 9.59 Å². The van der Waals surface area contributed by atoms with Crippen LogP contribution in [0.2, 0.25) is 0 Å². The number of ether oxygens (including phenoxy) is 2. The largest absolute Gasteiger partial charge is 0.481 e. The number of rotatable bonds is 4. The molecule has 6 nitrogen and oxygen atoms in total. The van der Waals surface area contributed by atoms with Gasteiger partial charge in [0.05, 0.1) is 31.8 Å². The second kappa shape index (κ2) is 6.34. The van der Waals surface area contributed by atoms with Gasteiger partial charge < -0.3 is 19.9 Å². The van der Waals surface area contributed by atoms with E-state index < -0.39 is 17.6 Å². The lowest BCUT2D eigenvalue weighted by atomic mass is 9.79. The van der Waals surface area contributed by atoms with Crippen LogP contribution in [-0.2, 0) is 19.1 Å². The van der Waals surface area contributed by atoms with Gasteiger partial charge in [-0.1, -0.05) is 19.3 Å². The summed E-state index contributed by atoms with van der Waals surface area (Å²) in [6.45, 7) is 1.16. The zero-order valence-electron chi connectivity index (χ0n) is 11.0. The molecule has 1 aliphatic carbocycles. The van der Waals surface area contributed by atoms with Crippen LogP contribution in [-0.4, -0.2) is 48.4 Å². The number of nitrogens with one attached hydrogen (secondary N) is 1. The van der Waals surface area contributed by atoms with Gasteiger partial charge in [-0.05, 0) is 12.8 Å². The van der Waals surface area contributed by atoms with Crippen molar-refractivity contribution in [2.24, 2.45) is 0 Å². The Labute approximate surface area is 112 Å². The highest BCUT2D eigenvalue weighted by Crippen LogP contribution is 2.31. The van der Waals surface area contributed by atoms with E-state index in [1.165, 1.54) is 0 Å². The monoisotopic (exact) mass is 271 g/mol. The van der Waals surface area contributed by atoms with Crippen molar-refractivity contribution >= 4 is 11.9 Å². The fourth-order valence-electron chi connectivity index (χ4n) is 2.84. The molecule has 1 unspecified atom stereocenters. The number of hydrogen-bond donors (Lipinski definition) is 2. The highest BCUT2D eigenvalue weighted by molar-refractivity contribution is 5.82. The summed E-state index contributed by atoms with van der Waals surface area (Å²) >= 11 is 0. The number of amides is 1. The second-order valence-corrected chi connectivity index (χ2v) is 5.34. The summed E-state index contributed by atoms with van der Waals surface area (Å²) in [4.78, 5) is 23.2. The molecule has 1 aliphatic heterocycles. The minimum Gasteiger partial charge on any atom is -0.481 e. The van der Waals surface area contributed by atoms with E-state index in [0.29, 0.717) is 13.2 Å². The number of carboxylic acid groups (broad SMARTS) is 1. The lowest BCUT2D eigenvalue weighted by Crippen LogP contribution is -2.55. The van der Waals surface area contributed by atoms with Crippen LogP contribution in [0, 0.1) is 0 Å². The summed E-state index contributed by atoms with van der Waals surface area (Å²) in [6.07, 6.45) is 3.82. The molecule has 108 valence electrons. The van der Waals surface area contributed by atoms with Crippen molar-refractivity contribution in [3.8, 4) is 0 Å². The van der Waals surface area contributed by atoms with Crippen molar-refractivity contribution in [1.29, 1.82) is 0 Å². The maximum absolute atomic E-state index is 12.1. The van der Waals surface area contributed by atoms with Crippen LogP contribution >= 0.6 is 0 Å². The van der Waals surface area contributed by atoms with E-state index >= 15 is 0 Å². The predicted octanol–water partition coefficient (Wildman–Crippen LogP) is 0.696. The van der Waals surface area contributed by atoms with Crippen molar-refractivity contribution < 1.29 is 24.2 Å². The molecule has 0 radical (unpaired) electrons. The van der Waals surface area contributed by atoms with Crippen LogP contribution in [0.25, 0.3) is 0 Å². The number of carbonyl (C=O) groups is 2. The highest BCUT2D eigenvalue weighted by Gasteiger charge is 2.38. The lowest BCUT2D eigenvalue weighted by Gasteiger charge is -2.38. The second-order valence-electron chi connectivity index (χ2n) is 5.34. The Morgan fingerprint density at radius 1 is 1.21 bits per heavy atom. The summed E-state index contributed by atoms with van der Waals surface area (Å²) in [5, 5.41) is 12.0. The quantitative estimate of drug-likeness (QED) is 0.786. The first-order valence-electron chi connectivity index (χ1n) is 6.84. The van der Waals surface area contributed by atoms with E-state index in [4.69, 9.17) is 14.6 Å². The molecule has 1 amide bonds. The molecule has 1 saturated heterocycles. The number of carboxylic acids is 1. The first-order valence-corrected chi connectivity index (χ1v) is 6.84. The Morgan fingerprint density at radius 3 is 2.53 bits per heavy atom. The summed E-state index contributed by atoms with van der Waals surface area (Å²) in [5.41, 5.74) is -0.609. The van der Waals surface area contributed by atoms with Crippen LogP contribution < -0.4 is 5.32 Å². The first kappa shape index (κ1) is 14.3. The highest BCUT2D eigenvalue weighted by atomic mass is 16.6. The topological polar surface area (TPSA) is 84.9 Å². The number of aliphatic carboxylic acids is 1. The Morgan fingerprint density at radius 2 is 1.95 bits per heavy atom. The van der Waals surface area contributed by atoms with Crippen molar-refractivity contribution in [3.63, 3.8) is 0 Å². The fourth-order valence-corrected chi connectivity index (χ4v) is 2.84. The van der Waals surface area contributed by atoms with Crippen LogP contribution in [0.5, 0.6) is 0 Å². The molecule has 2 fully saturated rings. The van der Waals surface area contributed by atoms with Crippen LogP contribution in [0.3, 0.4) is 0 Å². The summed E-state index contributed by atoms with van der Waals surface area (Å²) in [6, 6.07) is 0. The van der Waals surface area contributed by atoms with E-state index in [1.807, 2.05) is 0 Å². The smallest absolute Gasteiger partial charge is 0.305 e. The molecule has 0 aromatic heterocycles. The normalized spacial score (nSPS) is 26.6. The molecule has 1 atom stereocenters. The molecule has 2 aliphatic rings. The molecular weight excluding hydrogens is 250 g/mol. The molecule has 1 saturated carbocycles. The van der Waals surface area contributed by atoms with E-state index in [-0.39, 0.29) is 18.9 Å². The van der Waals surface area contributed by atoms with Crippen LogP contribution in [0.15, 0.2) is 0 Å². The number of hydrogen-bond acceptors (Lipinski definition) is 4. The molecule has 0 spiro atoms. The summed E-state index contributed by atoms with van der Waals surface area (Å²) in [7, 11) is 0. The maximum Gasteiger partial charge on any atom is 0.305 e. The maximum atomic E-state index is 12.1. The molecule has 0 aromatic carbocycles. The zero-order valence-corrected chi connectivity index (χ0v) is 11.0. The predicted molar refractivity (Wildman–Crippen MR) is 66.8 cm³/mol. The molecule has 19 heavy (non-hydrogen) atoms. The Bertz CT molecular complexity index is 332. The number of carbonyl (C=O) groups excluding carboxylic acids is 1. The van der Waals surface area contributed by atoms with Gasteiger partial charge in [0.25, 0.3) is 5.91 Å². The van der Waals surface area contributed by atoms with Gasteiger partial charge in [-0.15, -0.1) is 0 Å². The standard InChI is InChI=1S/C13H21NO5/c15-11(16)8-13(4-2-1-3-5-13)14-12(17)10-9-18-6-7-19-10/h10H,1-9H2,(H,14,17)(H,15,16). The Hall–Kier alpha value is -1.14. The molecule has 1 heterocycles. The fraction of sp³-hybridized carbons (Fsp3) is 0.846. The van der Waals surface area contributed by atoms with Gasteiger partial charge in [-0.25, -0.2) is 0 Å². The van der Waals surface area contributed by atoms with Gasteiger partial charge in [-0.2, -0.15) is 0 Å². The third-order valence-electron chi connectivity index (χ3n) is 3.80. The Kier molecular flexibility index (Phi) is 4.76. The van der Waals surface area contributed by atoms with Crippen molar-refractivity contribution in [1.82, 2.24) is 5.32 Å². The third kappa shape index (κ3) is 3.91. The van der Waals surface area contributed by atoms with Gasteiger partial charge in [0.1, 0.15) is 0 Å². The van der Waals surface area contributed by atoms with Gasteiger partial charge in [0, 0.05) is 0 Å². The third-order valence-corrected chi connectivity index (χ3v) is 3.80. The summed E-state index contributed by atoms with van der Waals surface area (Å²) < 4.78 is 10.6. The Balaban J connectivity index is 1.98. The molecule has 6 heteroatoms. The van der Waals surface area contributed by atoms with Crippen molar-refractivity contribution in [2.45, 2.75) is 50.2 Å². The zero-order chi connectivity index (χ0) is 13.7. The molecule has 2 rings (SSSR count). The minimum absolute atomic E-state index is 0.0215. The minimum atomic E-state index is -0.872. The average molecular weight is 271 g/mol. The first-order chi connectivity index (χ1) is 9.11.